The standard InChI is InChI=1S/C21H16ClNO3/c1-13(25-19-9-5-3-7-17(19)22)21(24)23-14-10-11-16-15-6-2-4-8-18(15)26-20(16)12-14/h2-13H,1H3,(H,23,24)/t13-/m1/s1. The number of ether oxygens (including phenoxy) is 1. The molecule has 4 aromatic rings. The number of hydrogen-bond donors (Lipinski definition) is 1. The number of furan rings is 1. The van der Waals surface area contributed by atoms with Gasteiger partial charge in [-0.2, -0.15) is 0 Å². The monoisotopic (exact) mass is 365 g/mol. The van der Waals surface area contributed by atoms with Gasteiger partial charge in [-0.3, -0.25) is 4.79 Å². The Morgan fingerprint density at radius 2 is 1.73 bits per heavy atom. The lowest BCUT2D eigenvalue weighted by Gasteiger charge is -2.15. The molecule has 130 valence electrons. The summed E-state index contributed by atoms with van der Waals surface area (Å²) in [5.74, 6) is 0.213. The van der Waals surface area contributed by atoms with Crippen molar-refractivity contribution in [1.82, 2.24) is 0 Å². The number of para-hydroxylation sites is 2. The highest BCUT2D eigenvalue weighted by atomic mass is 35.5. The van der Waals surface area contributed by atoms with Gasteiger partial charge in [0.1, 0.15) is 16.9 Å². The molecule has 0 saturated carbocycles. The zero-order valence-electron chi connectivity index (χ0n) is 14.0. The van der Waals surface area contributed by atoms with Crippen molar-refractivity contribution in [1.29, 1.82) is 0 Å². The molecule has 0 unspecified atom stereocenters. The lowest BCUT2D eigenvalue weighted by Crippen LogP contribution is -2.30. The highest BCUT2D eigenvalue weighted by Gasteiger charge is 2.17. The third-order valence-corrected chi connectivity index (χ3v) is 4.47. The Labute approximate surface area is 155 Å². The number of amides is 1. The number of hydrogen-bond acceptors (Lipinski definition) is 3. The fraction of sp³-hybridized carbons (Fsp3) is 0.0952. The van der Waals surface area contributed by atoms with Gasteiger partial charge in [0.2, 0.25) is 0 Å². The average Bonchev–Trinajstić information content (AvgIpc) is 3.01. The molecule has 4 rings (SSSR count). The van der Waals surface area contributed by atoms with Gasteiger partial charge in [-0.05, 0) is 37.3 Å². The number of rotatable bonds is 4. The second kappa shape index (κ2) is 6.73. The van der Waals surface area contributed by atoms with E-state index in [2.05, 4.69) is 5.32 Å². The first-order valence-electron chi connectivity index (χ1n) is 8.25. The molecule has 4 nitrogen and oxygen atoms in total. The van der Waals surface area contributed by atoms with Crippen LogP contribution in [-0.4, -0.2) is 12.0 Å². The predicted octanol–water partition coefficient (Wildman–Crippen LogP) is 5.65. The van der Waals surface area contributed by atoms with E-state index in [1.54, 1.807) is 25.1 Å². The van der Waals surface area contributed by atoms with Gasteiger partial charge >= 0.3 is 0 Å². The molecule has 0 spiro atoms. The van der Waals surface area contributed by atoms with Crippen LogP contribution in [0.4, 0.5) is 5.69 Å². The molecule has 0 saturated heterocycles. The summed E-state index contributed by atoms with van der Waals surface area (Å²) in [6.45, 7) is 1.68. The molecule has 0 aliphatic heterocycles. The summed E-state index contributed by atoms with van der Waals surface area (Å²) in [5, 5.41) is 5.38. The molecule has 1 atom stereocenters. The number of benzene rings is 3. The van der Waals surface area contributed by atoms with Crippen LogP contribution in [0.25, 0.3) is 21.9 Å². The van der Waals surface area contributed by atoms with Crippen LogP contribution in [0, 0.1) is 0 Å². The Morgan fingerprint density at radius 1 is 1.00 bits per heavy atom. The van der Waals surface area contributed by atoms with E-state index in [9.17, 15) is 4.79 Å². The van der Waals surface area contributed by atoms with Gasteiger partial charge in [0.15, 0.2) is 6.10 Å². The summed E-state index contributed by atoms with van der Waals surface area (Å²) < 4.78 is 11.5. The van der Waals surface area contributed by atoms with E-state index < -0.39 is 6.10 Å². The second-order valence-corrected chi connectivity index (χ2v) is 6.40. The fourth-order valence-electron chi connectivity index (χ4n) is 2.83. The average molecular weight is 366 g/mol. The fourth-order valence-corrected chi connectivity index (χ4v) is 3.01. The van der Waals surface area contributed by atoms with Gasteiger partial charge < -0.3 is 14.5 Å². The zero-order chi connectivity index (χ0) is 18.1. The van der Waals surface area contributed by atoms with Gasteiger partial charge in [-0.1, -0.05) is 41.9 Å². The van der Waals surface area contributed by atoms with Gasteiger partial charge in [-0.25, -0.2) is 0 Å². The van der Waals surface area contributed by atoms with Crippen LogP contribution in [0.5, 0.6) is 5.75 Å². The molecule has 3 aromatic carbocycles. The minimum absolute atomic E-state index is 0.264. The molecule has 1 amide bonds. The van der Waals surface area contributed by atoms with Crippen molar-refractivity contribution in [3.8, 4) is 5.75 Å². The second-order valence-electron chi connectivity index (χ2n) is 5.99. The SMILES string of the molecule is C[C@@H](Oc1ccccc1Cl)C(=O)Nc1ccc2c(c1)oc1ccccc12. The quantitative estimate of drug-likeness (QED) is 0.508. The van der Waals surface area contributed by atoms with E-state index in [1.165, 1.54) is 0 Å². The molecule has 0 radical (unpaired) electrons. The normalized spacial score (nSPS) is 12.2. The Hall–Kier alpha value is -2.98. The molecule has 0 bridgehead atoms. The lowest BCUT2D eigenvalue weighted by atomic mass is 10.1. The maximum Gasteiger partial charge on any atom is 0.265 e. The first-order valence-corrected chi connectivity index (χ1v) is 8.63. The smallest absolute Gasteiger partial charge is 0.265 e. The maximum absolute atomic E-state index is 12.4. The molecular formula is C21H16ClNO3. The summed E-state index contributed by atoms with van der Waals surface area (Å²) in [4.78, 5) is 12.4. The molecule has 1 heterocycles. The van der Waals surface area contributed by atoms with Crippen LogP contribution in [0.2, 0.25) is 5.02 Å². The van der Waals surface area contributed by atoms with Gasteiger partial charge in [0, 0.05) is 22.5 Å². The molecule has 1 N–H and O–H groups in total. The van der Waals surface area contributed by atoms with Crippen LogP contribution in [0.1, 0.15) is 6.92 Å². The van der Waals surface area contributed by atoms with Crippen molar-refractivity contribution in [3.63, 3.8) is 0 Å². The van der Waals surface area contributed by atoms with E-state index in [1.807, 2.05) is 48.5 Å². The minimum atomic E-state index is -0.693. The van der Waals surface area contributed by atoms with E-state index in [4.69, 9.17) is 20.8 Å². The van der Waals surface area contributed by atoms with Crippen molar-refractivity contribution in [2.45, 2.75) is 13.0 Å². The first kappa shape index (κ1) is 16.5. The Bertz CT molecular complexity index is 1100. The molecule has 1 aromatic heterocycles. The minimum Gasteiger partial charge on any atom is -0.479 e. The highest BCUT2D eigenvalue weighted by molar-refractivity contribution is 6.32. The molecule has 5 heteroatoms. The molecule has 0 aliphatic carbocycles. The van der Waals surface area contributed by atoms with Crippen LogP contribution in [0.15, 0.2) is 71.1 Å². The van der Waals surface area contributed by atoms with Gasteiger partial charge in [0.05, 0.1) is 5.02 Å². The summed E-state index contributed by atoms with van der Waals surface area (Å²) in [5.41, 5.74) is 2.20. The number of halogens is 1. The van der Waals surface area contributed by atoms with Crippen molar-refractivity contribution in [2.24, 2.45) is 0 Å². The number of anilines is 1. The summed E-state index contributed by atoms with van der Waals surface area (Å²) in [7, 11) is 0. The van der Waals surface area contributed by atoms with Crippen LogP contribution >= 0.6 is 11.6 Å². The van der Waals surface area contributed by atoms with Crippen molar-refractivity contribution in [2.75, 3.05) is 5.32 Å². The van der Waals surface area contributed by atoms with Gasteiger partial charge in [0.25, 0.3) is 5.91 Å². The number of fused-ring (bicyclic) bond motifs is 3. The van der Waals surface area contributed by atoms with E-state index in [0.29, 0.717) is 16.5 Å². The van der Waals surface area contributed by atoms with Gasteiger partial charge in [-0.15, -0.1) is 0 Å². The van der Waals surface area contributed by atoms with E-state index in [-0.39, 0.29) is 5.91 Å². The Kier molecular flexibility index (Phi) is 4.27. The number of carbonyl (C=O) groups is 1. The number of nitrogens with one attached hydrogen (secondary N) is 1. The largest absolute Gasteiger partial charge is 0.479 e. The van der Waals surface area contributed by atoms with Crippen LogP contribution in [-0.2, 0) is 4.79 Å². The third-order valence-electron chi connectivity index (χ3n) is 4.16. The summed E-state index contributed by atoms with van der Waals surface area (Å²) in [6, 6.07) is 20.5. The van der Waals surface area contributed by atoms with Crippen LogP contribution < -0.4 is 10.1 Å². The van der Waals surface area contributed by atoms with E-state index in [0.717, 1.165) is 21.9 Å². The predicted molar refractivity (Wildman–Crippen MR) is 104 cm³/mol. The summed E-state index contributed by atoms with van der Waals surface area (Å²) in [6.07, 6.45) is -0.693. The molecular weight excluding hydrogens is 350 g/mol. The van der Waals surface area contributed by atoms with Crippen molar-refractivity contribution >= 4 is 45.1 Å². The highest BCUT2D eigenvalue weighted by Crippen LogP contribution is 2.30. The van der Waals surface area contributed by atoms with Crippen molar-refractivity contribution in [3.05, 3.63) is 71.8 Å². The Morgan fingerprint density at radius 3 is 2.58 bits per heavy atom. The van der Waals surface area contributed by atoms with Crippen molar-refractivity contribution < 1.29 is 13.9 Å². The Balaban J connectivity index is 1.53. The maximum atomic E-state index is 12.4. The molecule has 0 aliphatic rings. The van der Waals surface area contributed by atoms with E-state index >= 15 is 0 Å². The zero-order valence-corrected chi connectivity index (χ0v) is 14.8. The molecule has 0 fully saturated rings. The lowest BCUT2D eigenvalue weighted by molar-refractivity contribution is -0.122. The molecule has 26 heavy (non-hydrogen) atoms. The number of carbonyl (C=O) groups excluding carboxylic acids is 1. The topological polar surface area (TPSA) is 51.5 Å². The first-order chi connectivity index (χ1) is 12.6. The van der Waals surface area contributed by atoms with Crippen LogP contribution in [0.3, 0.4) is 0 Å². The third kappa shape index (κ3) is 3.11. The summed E-state index contributed by atoms with van der Waals surface area (Å²) >= 11 is 6.07.